The summed E-state index contributed by atoms with van der Waals surface area (Å²) in [7, 11) is 0. The average Bonchev–Trinajstić information content (AvgIpc) is 2.34. The number of nitrogens with zero attached hydrogens (tertiary/aromatic N) is 2. The van der Waals surface area contributed by atoms with Gasteiger partial charge < -0.3 is 10.0 Å². The van der Waals surface area contributed by atoms with E-state index in [-0.39, 0.29) is 23.4 Å². The lowest BCUT2D eigenvalue weighted by molar-refractivity contribution is 0.0693. The van der Waals surface area contributed by atoms with E-state index in [0.29, 0.717) is 6.54 Å². The number of amides is 1. The van der Waals surface area contributed by atoms with E-state index >= 15 is 0 Å². The van der Waals surface area contributed by atoms with Gasteiger partial charge in [-0.1, -0.05) is 19.8 Å². The number of aromatic hydroxyl groups is 1. The molecule has 0 aromatic carbocycles. The molecule has 0 spiro atoms. The fraction of sp³-hybridized carbons (Fsp3) is 0.571. The van der Waals surface area contributed by atoms with Gasteiger partial charge in [0.2, 0.25) is 0 Å². The molecule has 4 nitrogen and oxygen atoms in total. The van der Waals surface area contributed by atoms with Gasteiger partial charge in [0, 0.05) is 18.8 Å². The van der Waals surface area contributed by atoms with Gasteiger partial charge in [-0.15, -0.1) is 0 Å². The number of rotatable bonds is 6. The first-order chi connectivity index (χ1) is 8.57. The zero-order chi connectivity index (χ0) is 13.5. The topological polar surface area (TPSA) is 53.4 Å². The van der Waals surface area contributed by atoms with Crippen molar-refractivity contribution >= 4 is 5.91 Å². The van der Waals surface area contributed by atoms with Crippen LogP contribution in [0.3, 0.4) is 0 Å². The van der Waals surface area contributed by atoms with Crippen LogP contribution in [0.5, 0.6) is 5.75 Å². The van der Waals surface area contributed by atoms with Crippen LogP contribution in [0.15, 0.2) is 18.3 Å². The van der Waals surface area contributed by atoms with E-state index < -0.39 is 0 Å². The molecule has 0 unspecified atom stereocenters. The van der Waals surface area contributed by atoms with E-state index in [1.165, 1.54) is 12.3 Å². The molecule has 0 atom stereocenters. The second kappa shape index (κ2) is 6.99. The van der Waals surface area contributed by atoms with Gasteiger partial charge in [-0.3, -0.25) is 4.79 Å². The maximum absolute atomic E-state index is 12.3. The normalized spacial score (nSPS) is 10.7. The van der Waals surface area contributed by atoms with E-state index in [9.17, 15) is 9.90 Å². The molecule has 1 N–H and O–H groups in total. The third kappa shape index (κ3) is 3.72. The van der Waals surface area contributed by atoms with E-state index in [0.717, 1.165) is 19.3 Å². The van der Waals surface area contributed by atoms with Gasteiger partial charge in [0.1, 0.15) is 5.75 Å². The van der Waals surface area contributed by atoms with E-state index in [1.54, 1.807) is 11.0 Å². The number of carbonyl (C=O) groups excluding carboxylic acids is 1. The number of pyridine rings is 1. The van der Waals surface area contributed by atoms with Gasteiger partial charge >= 0.3 is 0 Å². The Morgan fingerprint density at radius 3 is 2.72 bits per heavy atom. The van der Waals surface area contributed by atoms with Gasteiger partial charge in [0.25, 0.3) is 5.91 Å². The highest BCUT2D eigenvalue weighted by atomic mass is 16.3. The molecule has 1 aromatic heterocycles. The van der Waals surface area contributed by atoms with Gasteiger partial charge in [-0.2, -0.15) is 0 Å². The molecule has 0 aliphatic carbocycles. The zero-order valence-corrected chi connectivity index (χ0v) is 11.4. The predicted molar refractivity (Wildman–Crippen MR) is 71.6 cm³/mol. The number of unbranched alkanes of at least 4 members (excludes halogenated alkanes) is 2. The van der Waals surface area contributed by atoms with Crippen molar-refractivity contribution in [2.24, 2.45) is 0 Å². The summed E-state index contributed by atoms with van der Waals surface area (Å²) in [5.41, 5.74) is 0.141. The van der Waals surface area contributed by atoms with Crippen molar-refractivity contribution in [3.63, 3.8) is 0 Å². The molecule has 0 aliphatic heterocycles. The molecular weight excluding hydrogens is 228 g/mol. The molecule has 1 heterocycles. The van der Waals surface area contributed by atoms with Gasteiger partial charge in [0.15, 0.2) is 5.69 Å². The lowest BCUT2D eigenvalue weighted by Gasteiger charge is -2.26. The third-order valence-corrected chi connectivity index (χ3v) is 2.88. The lowest BCUT2D eigenvalue weighted by atomic mass is 10.2. The fourth-order valence-corrected chi connectivity index (χ4v) is 1.82. The van der Waals surface area contributed by atoms with Crippen LogP contribution in [-0.4, -0.2) is 33.5 Å². The number of carbonyl (C=O) groups is 1. The predicted octanol–water partition coefficient (Wildman–Crippen LogP) is 2.83. The zero-order valence-electron chi connectivity index (χ0n) is 11.4. The first-order valence-corrected chi connectivity index (χ1v) is 6.52. The second-order valence-electron chi connectivity index (χ2n) is 4.67. The summed E-state index contributed by atoms with van der Waals surface area (Å²) < 4.78 is 0. The molecule has 0 aliphatic rings. The highest BCUT2D eigenvalue weighted by molar-refractivity contribution is 5.94. The minimum Gasteiger partial charge on any atom is -0.505 e. The molecule has 100 valence electrons. The van der Waals surface area contributed by atoms with E-state index in [1.807, 2.05) is 13.8 Å². The molecule has 0 saturated heterocycles. The van der Waals surface area contributed by atoms with Gasteiger partial charge in [-0.05, 0) is 32.4 Å². The van der Waals surface area contributed by atoms with Crippen LogP contribution in [-0.2, 0) is 0 Å². The molecule has 0 fully saturated rings. The lowest BCUT2D eigenvalue weighted by Crippen LogP contribution is -2.38. The molecule has 0 radical (unpaired) electrons. The SMILES string of the molecule is CCCCCN(C(=O)c1ncccc1O)C(C)C. The molecule has 1 aromatic rings. The van der Waals surface area contributed by atoms with Crippen molar-refractivity contribution in [1.82, 2.24) is 9.88 Å². The molecule has 0 bridgehead atoms. The van der Waals surface area contributed by atoms with Gasteiger partial charge in [-0.25, -0.2) is 4.98 Å². The van der Waals surface area contributed by atoms with Crippen molar-refractivity contribution in [1.29, 1.82) is 0 Å². The Morgan fingerprint density at radius 2 is 2.17 bits per heavy atom. The smallest absolute Gasteiger partial charge is 0.276 e. The summed E-state index contributed by atoms with van der Waals surface area (Å²) in [4.78, 5) is 18.0. The maximum atomic E-state index is 12.3. The van der Waals surface area contributed by atoms with Crippen LogP contribution < -0.4 is 0 Å². The number of aromatic nitrogens is 1. The second-order valence-corrected chi connectivity index (χ2v) is 4.67. The highest BCUT2D eigenvalue weighted by Gasteiger charge is 2.21. The fourth-order valence-electron chi connectivity index (χ4n) is 1.82. The van der Waals surface area contributed by atoms with Crippen LogP contribution in [0.4, 0.5) is 0 Å². The molecule has 1 amide bonds. The standard InChI is InChI=1S/C14H22N2O2/c1-4-5-6-10-16(11(2)3)14(18)13-12(17)8-7-9-15-13/h7-9,11,17H,4-6,10H2,1-3H3. The van der Waals surface area contributed by atoms with Crippen molar-refractivity contribution in [2.45, 2.75) is 46.1 Å². The van der Waals surface area contributed by atoms with Crippen molar-refractivity contribution in [3.05, 3.63) is 24.0 Å². The molecule has 0 saturated carbocycles. The Hall–Kier alpha value is -1.58. The molecule has 1 rings (SSSR count). The Morgan fingerprint density at radius 1 is 1.44 bits per heavy atom. The maximum Gasteiger partial charge on any atom is 0.276 e. The first kappa shape index (κ1) is 14.5. The Labute approximate surface area is 109 Å². The van der Waals surface area contributed by atoms with E-state index in [2.05, 4.69) is 11.9 Å². The quantitative estimate of drug-likeness (QED) is 0.790. The summed E-state index contributed by atoms with van der Waals surface area (Å²) in [5.74, 6) is -0.247. The Kier molecular flexibility index (Phi) is 5.62. The number of hydrogen-bond donors (Lipinski definition) is 1. The van der Waals surface area contributed by atoms with Crippen LogP contribution in [0.2, 0.25) is 0 Å². The first-order valence-electron chi connectivity index (χ1n) is 6.52. The van der Waals surface area contributed by atoms with Crippen LogP contribution in [0.1, 0.15) is 50.5 Å². The van der Waals surface area contributed by atoms with Crippen molar-refractivity contribution in [2.75, 3.05) is 6.54 Å². The van der Waals surface area contributed by atoms with E-state index in [4.69, 9.17) is 0 Å². The summed E-state index contributed by atoms with van der Waals surface area (Å²) in [5, 5.41) is 9.67. The summed E-state index contributed by atoms with van der Waals surface area (Å²) in [6.45, 7) is 6.79. The summed E-state index contributed by atoms with van der Waals surface area (Å²) in [6.07, 6.45) is 4.73. The third-order valence-electron chi connectivity index (χ3n) is 2.88. The molecular formula is C14H22N2O2. The van der Waals surface area contributed by atoms with Crippen LogP contribution >= 0.6 is 0 Å². The summed E-state index contributed by atoms with van der Waals surface area (Å²) in [6, 6.07) is 3.21. The Balaban J connectivity index is 2.80. The van der Waals surface area contributed by atoms with Crippen molar-refractivity contribution in [3.8, 4) is 5.75 Å². The van der Waals surface area contributed by atoms with Crippen LogP contribution in [0, 0.1) is 0 Å². The van der Waals surface area contributed by atoms with Crippen molar-refractivity contribution < 1.29 is 9.90 Å². The molecule has 4 heteroatoms. The van der Waals surface area contributed by atoms with Crippen LogP contribution in [0.25, 0.3) is 0 Å². The molecule has 18 heavy (non-hydrogen) atoms. The average molecular weight is 250 g/mol. The Bertz CT molecular complexity index is 391. The minimum absolute atomic E-state index is 0.0522. The minimum atomic E-state index is -0.195. The summed E-state index contributed by atoms with van der Waals surface area (Å²) >= 11 is 0. The highest BCUT2D eigenvalue weighted by Crippen LogP contribution is 2.17. The monoisotopic (exact) mass is 250 g/mol. The largest absolute Gasteiger partial charge is 0.505 e. The van der Waals surface area contributed by atoms with Gasteiger partial charge in [0.05, 0.1) is 0 Å². The number of hydrogen-bond acceptors (Lipinski definition) is 3.